The van der Waals surface area contributed by atoms with E-state index in [9.17, 15) is 18.6 Å². The molecule has 212 valence electrons. The lowest BCUT2D eigenvalue weighted by atomic mass is 10.1. The zero-order valence-electron chi connectivity index (χ0n) is 22.4. The Kier molecular flexibility index (Phi) is 10.6. The van der Waals surface area contributed by atoms with Gasteiger partial charge in [0.2, 0.25) is 0 Å². The first-order chi connectivity index (χ1) is 19.0. The van der Waals surface area contributed by atoms with Crippen LogP contribution in [0.5, 0.6) is 5.75 Å². The molecule has 10 nitrogen and oxygen atoms in total. The molecule has 0 saturated heterocycles. The van der Waals surface area contributed by atoms with Crippen molar-refractivity contribution in [2.75, 3.05) is 43.6 Å². The van der Waals surface area contributed by atoms with Crippen LogP contribution in [0.4, 0.5) is 11.5 Å². The van der Waals surface area contributed by atoms with E-state index >= 15 is 0 Å². The van der Waals surface area contributed by atoms with E-state index < -0.39 is 27.5 Å². The van der Waals surface area contributed by atoms with Crippen molar-refractivity contribution in [2.45, 2.75) is 18.7 Å². The average Bonchev–Trinajstić information content (AvgIpc) is 2.93. The number of hydrogen-bond donors (Lipinski definition) is 2. The van der Waals surface area contributed by atoms with Gasteiger partial charge in [0, 0.05) is 34.0 Å². The molecule has 0 aliphatic rings. The minimum Gasteiger partial charge on any atom is -0.494 e. The van der Waals surface area contributed by atoms with Gasteiger partial charge in [-0.05, 0) is 55.6 Å². The lowest BCUT2D eigenvalue weighted by molar-refractivity contribution is -0.118. The summed E-state index contributed by atoms with van der Waals surface area (Å²) in [6, 6.07) is 11.8. The Labute approximate surface area is 243 Å². The van der Waals surface area contributed by atoms with Gasteiger partial charge in [0.1, 0.15) is 11.6 Å². The number of ether oxygens (including phenoxy) is 1. The van der Waals surface area contributed by atoms with E-state index in [4.69, 9.17) is 27.9 Å². The lowest BCUT2D eigenvalue weighted by Gasteiger charge is -2.16. The van der Waals surface area contributed by atoms with Crippen LogP contribution >= 0.6 is 23.2 Å². The van der Waals surface area contributed by atoms with Crippen LogP contribution in [0.15, 0.2) is 64.0 Å². The lowest BCUT2D eigenvalue weighted by Crippen LogP contribution is -2.29. The summed E-state index contributed by atoms with van der Waals surface area (Å²) in [6.07, 6.45) is 2.76. The zero-order chi connectivity index (χ0) is 29.4. The molecule has 0 aliphatic heterocycles. The smallest absolute Gasteiger partial charge is 0.268 e. The highest BCUT2D eigenvalue weighted by Gasteiger charge is 2.21. The summed E-state index contributed by atoms with van der Waals surface area (Å²) in [5.74, 6) is -1.24. The van der Waals surface area contributed by atoms with Crippen LogP contribution in [0, 0.1) is 0 Å². The van der Waals surface area contributed by atoms with E-state index in [1.54, 1.807) is 6.07 Å². The van der Waals surface area contributed by atoms with Crippen LogP contribution in [-0.2, 0) is 14.5 Å². The molecule has 0 radical (unpaired) electrons. The molecule has 0 aliphatic carbocycles. The number of amides is 3. The van der Waals surface area contributed by atoms with Gasteiger partial charge in [0.05, 0.1) is 39.7 Å². The van der Waals surface area contributed by atoms with Gasteiger partial charge in [-0.15, -0.1) is 0 Å². The van der Waals surface area contributed by atoms with Crippen LogP contribution in [-0.4, -0.2) is 64.8 Å². The minimum absolute atomic E-state index is 0.0353. The van der Waals surface area contributed by atoms with Crippen LogP contribution < -0.4 is 15.4 Å². The van der Waals surface area contributed by atoms with Crippen molar-refractivity contribution < 1.29 is 23.3 Å². The topological polar surface area (TPSA) is 130 Å². The number of likely N-dealkylation sites (N-methyl/N-ethyl adjacent to an activating group) is 1. The molecule has 3 aromatic rings. The average molecular weight is 607 g/mol. The van der Waals surface area contributed by atoms with Crippen LogP contribution in [0.3, 0.4) is 0 Å². The largest absolute Gasteiger partial charge is 0.494 e. The third kappa shape index (κ3) is 8.01. The van der Waals surface area contributed by atoms with E-state index in [0.29, 0.717) is 23.0 Å². The second-order valence-electron chi connectivity index (χ2n) is 8.57. The number of carbonyl (C=O) groups is 3. The molecule has 13 heteroatoms. The van der Waals surface area contributed by atoms with Gasteiger partial charge < -0.3 is 15.4 Å². The molecule has 3 rings (SSSR count). The SMILES string of the molecule is CCN(CC)CC(=O)N=S(C)(=O)c1ccc(C(=O)Nc2c(OC)cc(Cl)cc2C(=O)Nc2ccc(Cl)cn2)cc1. The van der Waals surface area contributed by atoms with Gasteiger partial charge in [0.25, 0.3) is 17.7 Å². The third-order valence-corrected chi connectivity index (χ3v) is 7.96. The van der Waals surface area contributed by atoms with Crippen LogP contribution in [0.1, 0.15) is 34.6 Å². The maximum absolute atomic E-state index is 13.2. The molecule has 0 spiro atoms. The van der Waals surface area contributed by atoms with Gasteiger partial charge in [-0.25, -0.2) is 9.19 Å². The Morgan fingerprint density at radius 2 is 1.65 bits per heavy atom. The van der Waals surface area contributed by atoms with Gasteiger partial charge in [-0.1, -0.05) is 37.0 Å². The van der Waals surface area contributed by atoms with Crippen molar-refractivity contribution in [1.82, 2.24) is 9.88 Å². The predicted octanol–water partition coefficient (Wildman–Crippen LogP) is 5.23. The number of hydrogen-bond acceptors (Lipinski definition) is 7. The number of halogens is 2. The first kappa shape index (κ1) is 31.0. The van der Waals surface area contributed by atoms with Crippen molar-refractivity contribution in [3.63, 3.8) is 0 Å². The molecule has 1 aromatic heterocycles. The Morgan fingerprint density at radius 1 is 0.975 bits per heavy atom. The maximum atomic E-state index is 13.2. The monoisotopic (exact) mass is 605 g/mol. The van der Waals surface area contributed by atoms with Gasteiger partial charge in [-0.3, -0.25) is 19.3 Å². The van der Waals surface area contributed by atoms with Crippen LogP contribution in [0.25, 0.3) is 0 Å². The summed E-state index contributed by atoms with van der Waals surface area (Å²) < 4.78 is 22.4. The highest BCUT2D eigenvalue weighted by molar-refractivity contribution is 7.93. The van der Waals surface area contributed by atoms with E-state index in [1.807, 2.05) is 18.7 Å². The van der Waals surface area contributed by atoms with Crippen molar-refractivity contribution >= 4 is 62.2 Å². The van der Waals surface area contributed by atoms with E-state index in [-0.39, 0.29) is 39.9 Å². The molecule has 2 aromatic carbocycles. The molecule has 0 fully saturated rings. The molecule has 1 heterocycles. The number of nitrogens with zero attached hydrogens (tertiary/aromatic N) is 3. The molecule has 0 bridgehead atoms. The number of anilines is 2. The number of aromatic nitrogens is 1. The number of benzene rings is 2. The van der Waals surface area contributed by atoms with Gasteiger partial charge in [0.15, 0.2) is 0 Å². The molecule has 1 unspecified atom stereocenters. The number of carbonyl (C=O) groups excluding carboxylic acids is 3. The third-order valence-electron chi connectivity index (χ3n) is 5.82. The van der Waals surface area contributed by atoms with Gasteiger partial charge in [-0.2, -0.15) is 4.36 Å². The van der Waals surface area contributed by atoms with Crippen molar-refractivity contribution in [1.29, 1.82) is 0 Å². The van der Waals surface area contributed by atoms with E-state index in [2.05, 4.69) is 20.0 Å². The highest BCUT2D eigenvalue weighted by Crippen LogP contribution is 2.33. The second-order valence-corrected chi connectivity index (χ2v) is 11.7. The van der Waals surface area contributed by atoms with Crippen molar-refractivity contribution in [3.05, 3.63) is 75.9 Å². The summed E-state index contributed by atoms with van der Waals surface area (Å²) in [6.45, 7) is 5.27. The number of methoxy groups -OCH3 is 1. The quantitative estimate of drug-likeness (QED) is 0.323. The number of nitrogens with one attached hydrogen (secondary N) is 2. The number of rotatable bonds is 10. The van der Waals surface area contributed by atoms with E-state index in [1.165, 1.54) is 62.0 Å². The molecule has 2 N–H and O–H groups in total. The first-order valence-corrected chi connectivity index (χ1v) is 14.8. The Morgan fingerprint density at radius 3 is 2.23 bits per heavy atom. The Balaban J connectivity index is 1.85. The first-order valence-electron chi connectivity index (χ1n) is 12.2. The second kappa shape index (κ2) is 13.7. The van der Waals surface area contributed by atoms with Crippen molar-refractivity contribution in [2.24, 2.45) is 4.36 Å². The molecule has 0 saturated carbocycles. The fourth-order valence-electron chi connectivity index (χ4n) is 3.64. The molecular weight excluding hydrogens is 577 g/mol. The maximum Gasteiger partial charge on any atom is 0.268 e. The van der Waals surface area contributed by atoms with Gasteiger partial charge >= 0.3 is 0 Å². The summed E-state index contributed by atoms with van der Waals surface area (Å²) in [4.78, 5) is 44.8. The molecule has 1 atom stereocenters. The molecule has 40 heavy (non-hydrogen) atoms. The molecular formula is C27H29Cl2N5O5S. The van der Waals surface area contributed by atoms with Crippen LogP contribution in [0.2, 0.25) is 10.0 Å². The minimum atomic E-state index is -3.02. The van der Waals surface area contributed by atoms with Crippen molar-refractivity contribution in [3.8, 4) is 5.75 Å². The summed E-state index contributed by atoms with van der Waals surface area (Å²) in [7, 11) is -1.65. The standard InChI is InChI=1S/C27H29Cl2N5O5S/c1-5-34(6-2)16-24(35)33-40(4,38)20-10-7-17(8-11-20)26(36)32-25-21(13-19(29)14-22(25)39-3)27(37)31-23-12-9-18(28)15-30-23/h7-15H,5-6,16H2,1-4H3,(H,32,36)(H,30,31,37). The fourth-order valence-corrected chi connectivity index (χ4v) is 5.16. The summed E-state index contributed by atoms with van der Waals surface area (Å²) in [5.41, 5.74) is 0.327. The zero-order valence-corrected chi connectivity index (χ0v) is 24.7. The Bertz CT molecular complexity index is 1520. The fraction of sp³-hybridized carbons (Fsp3) is 0.259. The normalized spacial score (nSPS) is 12.4. The Hall–Kier alpha value is -3.51. The summed E-state index contributed by atoms with van der Waals surface area (Å²) in [5, 5.41) is 5.94. The predicted molar refractivity (Wildman–Crippen MR) is 157 cm³/mol. The highest BCUT2D eigenvalue weighted by atomic mass is 35.5. The molecule has 3 amide bonds. The van der Waals surface area contributed by atoms with E-state index in [0.717, 1.165) is 0 Å². The number of pyridine rings is 1. The summed E-state index contributed by atoms with van der Waals surface area (Å²) >= 11 is 12.1.